The lowest BCUT2D eigenvalue weighted by molar-refractivity contribution is -0.273. The summed E-state index contributed by atoms with van der Waals surface area (Å²) in [6.07, 6.45) is -4.62. The van der Waals surface area contributed by atoms with Crippen molar-refractivity contribution in [3.05, 3.63) is 48.0 Å². The van der Waals surface area contributed by atoms with Crippen LogP contribution in [-0.2, 0) is 20.9 Å². The van der Waals surface area contributed by atoms with Crippen molar-refractivity contribution in [2.75, 3.05) is 6.61 Å². The minimum absolute atomic E-state index is 0.187. The van der Waals surface area contributed by atoms with Gasteiger partial charge in [0.1, 0.15) is 24.4 Å². The Morgan fingerprint density at radius 3 is 2.58 bits per heavy atom. The van der Waals surface area contributed by atoms with Gasteiger partial charge in [0.25, 0.3) is 0 Å². The fourth-order valence-corrected chi connectivity index (χ4v) is 3.12. The van der Waals surface area contributed by atoms with Gasteiger partial charge in [-0.15, -0.1) is 0 Å². The Kier molecular flexibility index (Phi) is 5.85. The summed E-state index contributed by atoms with van der Waals surface area (Å²) in [7, 11) is 0. The van der Waals surface area contributed by atoms with Crippen molar-refractivity contribution in [2.45, 2.75) is 44.2 Å². The summed E-state index contributed by atoms with van der Waals surface area (Å²) in [5.74, 6) is -0.383. The lowest BCUT2D eigenvalue weighted by Gasteiger charge is -2.42. The van der Waals surface area contributed by atoms with Gasteiger partial charge in [-0.25, -0.2) is 0 Å². The maximum Gasteiger partial charge on any atom is 0.217 e. The van der Waals surface area contributed by atoms with Gasteiger partial charge < -0.3 is 30.1 Å². The third-order valence-electron chi connectivity index (χ3n) is 4.48. The molecule has 2 aromatic rings. The SMILES string of the molecule is CC(=O)N[C@H]1[C@H](OCc2ccc3ccccc3c2)O[C@H](CO)[C@@H](O)[C@@H]1O. The molecule has 5 atom stereocenters. The van der Waals surface area contributed by atoms with Crippen LogP contribution in [0.15, 0.2) is 42.5 Å². The highest BCUT2D eigenvalue weighted by atomic mass is 16.7. The van der Waals surface area contributed by atoms with Crippen molar-refractivity contribution in [2.24, 2.45) is 0 Å². The second-order valence-corrected chi connectivity index (χ2v) is 6.43. The fraction of sp³-hybridized carbons (Fsp3) is 0.421. The first-order valence-corrected chi connectivity index (χ1v) is 8.48. The fourth-order valence-electron chi connectivity index (χ4n) is 3.12. The van der Waals surface area contributed by atoms with Crippen LogP contribution in [0.5, 0.6) is 0 Å². The highest BCUT2D eigenvalue weighted by Crippen LogP contribution is 2.24. The number of carbonyl (C=O) groups is 1. The molecule has 26 heavy (non-hydrogen) atoms. The lowest BCUT2D eigenvalue weighted by Crippen LogP contribution is -2.64. The van der Waals surface area contributed by atoms with Gasteiger partial charge in [-0.3, -0.25) is 4.79 Å². The van der Waals surface area contributed by atoms with E-state index in [4.69, 9.17) is 9.47 Å². The number of ether oxygens (including phenoxy) is 2. The molecule has 1 aliphatic heterocycles. The van der Waals surface area contributed by atoms with Crippen LogP contribution in [0.2, 0.25) is 0 Å². The molecule has 7 nitrogen and oxygen atoms in total. The second kappa shape index (κ2) is 8.11. The number of rotatable bonds is 5. The van der Waals surface area contributed by atoms with Crippen molar-refractivity contribution < 1.29 is 29.6 Å². The van der Waals surface area contributed by atoms with Gasteiger partial charge in [0.15, 0.2) is 6.29 Å². The van der Waals surface area contributed by atoms with Crippen molar-refractivity contribution in [1.29, 1.82) is 0 Å². The Hall–Kier alpha value is -2.03. The van der Waals surface area contributed by atoms with Gasteiger partial charge in [-0.05, 0) is 22.4 Å². The molecule has 0 spiro atoms. The Morgan fingerprint density at radius 2 is 1.88 bits per heavy atom. The van der Waals surface area contributed by atoms with E-state index in [-0.39, 0.29) is 12.5 Å². The van der Waals surface area contributed by atoms with Gasteiger partial charge in [0, 0.05) is 6.92 Å². The second-order valence-electron chi connectivity index (χ2n) is 6.43. The molecule has 4 N–H and O–H groups in total. The number of hydrogen-bond acceptors (Lipinski definition) is 6. The molecule has 1 heterocycles. The van der Waals surface area contributed by atoms with Crippen LogP contribution >= 0.6 is 0 Å². The van der Waals surface area contributed by atoms with Crippen LogP contribution in [-0.4, -0.2) is 58.5 Å². The first-order chi connectivity index (χ1) is 12.5. The molecule has 0 aliphatic carbocycles. The molecule has 0 unspecified atom stereocenters. The maximum absolute atomic E-state index is 11.4. The molecule has 1 fully saturated rings. The Balaban J connectivity index is 1.74. The molecular weight excluding hydrogens is 338 g/mol. The topological polar surface area (TPSA) is 108 Å². The molecule has 1 amide bonds. The van der Waals surface area contributed by atoms with Crippen LogP contribution < -0.4 is 5.32 Å². The highest BCUT2D eigenvalue weighted by Gasteiger charge is 2.45. The Bertz CT molecular complexity index is 767. The van der Waals surface area contributed by atoms with Gasteiger partial charge >= 0.3 is 0 Å². The van der Waals surface area contributed by atoms with Crippen molar-refractivity contribution in [1.82, 2.24) is 5.32 Å². The van der Waals surface area contributed by atoms with Gasteiger partial charge in [0.2, 0.25) is 5.91 Å². The number of fused-ring (bicyclic) bond motifs is 1. The molecule has 1 aliphatic rings. The summed E-state index contributed by atoms with van der Waals surface area (Å²) in [6, 6.07) is 12.9. The number of nitrogens with one attached hydrogen (secondary N) is 1. The zero-order valence-electron chi connectivity index (χ0n) is 14.4. The largest absolute Gasteiger partial charge is 0.394 e. The summed E-state index contributed by atoms with van der Waals surface area (Å²) in [5.41, 5.74) is 0.898. The van der Waals surface area contributed by atoms with E-state index in [0.717, 1.165) is 16.3 Å². The summed E-state index contributed by atoms with van der Waals surface area (Å²) in [6.45, 7) is 1.02. The quantitative estimate of drug-likeness (QED) is 0.610. The van der Waals surface area contributed by atoms with Crippen LogP contribution in [0.3, 0.4) is 0 Å². The molecule has 140 valence electrons. The number of amides is 1. The monoisotopic (exact) mass is 361 g/mol. The minimum atomic E-state index is -1.32. The van der Waals surface area contributed by atoms with Crippen molar-refractivity contribution in [3.63, 3.8) is 0 Å². The van der Waals surface area contributed by atoms with E-state index in [0.29, 0.717) is 0 Å². The number of benzene rings is 2. The molecule has 0 bridgehead atoms. The highest BCUT2D eigenvalue weighted by molar-refractivity contribution is 5.82. The van der Waals surface area contributed by atoms with Gasteiger partial charge in [-0.1, -0.05) is 36.4 Å². The maximum atomic E-state index is 11.4. The Labute approximate surface area is 151 Å². The Morgan fingerprint density at radius 1 is 1.15 bits per heavy atom. The van der Waals surface area contributed by atoms with Crippen LogP contribution in [0.1, 0.15) is 12.5 Å². The van der Waals surface area contributed by atoms with Crippen LogP contribution in [0.25, 0.3) is 10.8 Å². The average Bonchev–Trinajstić information content (AvgIpc) is 2.64. The lowest BCUT2D eigenvalue weighted by atomic mass is 9.97. The van der Waals surface area contributed by atoms with E-state index in [2.05, 4.69) is 5.32 Å². The van der Waals surface area contributed by atoms with Gasteiger partial charge in [0.05, 0.1) is 13.2 Å². The molecule has 7 heteroatoms. The summed E-state index contributed by atoms with van der Waals surface area (Å²) in [5, 5.41) is 34.3. The molecule has 2 aromatic carbocycles. The van der Waals surface area contributed by atoms with E-state index >= 15 is 0 Å². The van der Waals surface area contributed by atoms with Crippen molar-refractivity contribution >= 4 is 16.7 Å². The smallest absolute Gasteiger partial charge is 0.217 e. The standard InChI is InChI=1S/C19H23NO6/c1-11(22)20-16-18(24)17(23)15(9-21)26-19(16)25-10-12-6-7-13-4-2-3-5-14(13)8-12/h2-8,15-19,21,23-24H,9-10H2,1H3,(H,20,22)/t15-,16-,17-,18-,19-/m1/s1. The molecule has 0 aromatic heterocycles. The third kappa shape index (κ3) is 4.03. The summed E-state index contributed by atoms with van der Waals surface area (Å²) in [4.78, 5) is 11.4. The van der Waals surface area contributed by atoms with Crippen LogP contribution in [0.4, 0.5) is 0 Å². The molecule has 0 saturated carbocycles. The minimum Gasteiger partial charge on any atom is -0.394 e. The summed E-state index contributed by atoms with van der Waals surface area (Å²) < 4.78 is 11.3. The summed E-state index contributed by atoms with van der Waals surface area (Å²) >= 11 is 0. The van der Waals surface area contributed by atoms with Gasteiger partial charge in [-0.2, -0.15) is 0 Å². The number of hydrogen-bond donors (Lipinski definition) is 4. The number of carbonyl (C=O) groups excluding carboxylic acids is 1. The average molecular weight is 361 g/mol. The van der Waals surface area contributed by atoms with E-state index in [1.807, 2.05) is 42.5 Å². The van der Waals surface area contributed by atoms with Crippen LogP contribution in [0, 0.1) is 0 Å². The first-order valence-electron chi connectivity index (χ1n) is 8.48. The van der Waals surface area contributed by atoms with E-state index in [1.54, 1.807) is 0 Å². The molecule has 3 rings (SSSR count). The normalized spacial score (nSPS) is 28.8. The van der Waals surface area contributed by atoms with E-state index in [9.17, 15) is 20.1 Å². The van der Waals surface area contributed by atoms with Crippen molar-refractivity contribution in [3.8, 4) is 0 Å². The number of aliphatic hydroxyl groups excluding tert-OH is 3. The molecule has 0 radical (unpaired) electrons. The molecule has 1 saturated heterocycles. The number of aliphatic hydroxyl groups is 3. The first kappa shape index (κ1) is 18.8. The van der Waals surface area contributed by atoms with E-state index in [1.165, 1.54) is 6.92 Å². The van der Waals surface area contributed by atoms with E-state index < -0.39 is 37.3 Å². The third-order valence-corrected chi connectivity index (χ3v) is 4.48. The molecular formula is C19H23NO6. The zero-order valence-corrected chi connectivity index (χ0v) is 14.4. The predicted molar refractivity (Wildman–Crippen MR) is 94.1 cm³/mol. The zero-order chi connectivity index (χ0) is 18.7. The predicted octanol–water partition coefficient (Wildman–Crippen LogP) is 0.300.